The molecule has 6 heteroatoms. The molecule has 0 saturated heterocycles. The number of thiazole rings is 2. The van der Waals surface area contributed by atoms with Crippen LogP contribution in [0.2, 0.25) is 0 Å². The van der Waals surface area contributed by atoms with Crippen LogP contribution in [0, 0.1) is 0 Å². The molecule has 0 atom stereocenters. The van der Waals surface area contributed by atoms with Gasteiger partial charge in [-0.25, -0.2) is 9.97 Å². The molecule has 0 radical (unpaired) electrons. The van der Waals surface area contributed by atoms with Crippen molar-refractivity contribution in [3.05, 3.63) is 47.4 Å². The van der Waals surface area contributed by atoms with Gasteiger partial charge in [-0.3, -0.25) is 0 Å². The fraction of sp³-hybridized carbons (Fsp3) is 0. The first-order valence-electron chi connectivity index (χ1n) is 5.91. The molecule has 0 aliphatic heterocycles. The van der Waals surface area contributed by atoms with Gasteiger partial charge in [0.15, 0.2) is 0 Å². The van der Waals surface area contributed by atoms with E-state index in [1.165, 1.54) is 19.2 Å². The van der Waals surface area contributed by atoms with E-state index in [2.05, 4.69) is 46.4 Å². The van der Waals surface area contributed by atoms with Crippen molar-refractivity contribution >= 4 is 64.7 Å². The Morgan fingerprint density at radius 1 is 0.700 bits per heavy atom. The first-order valence-corrected chi connectivity index (χ1v) is 9.82. The van der Waals surface area contributed by atoms with Crippen LogP contribution in [0.25, 0.3) is 20.4 Å². The van der Waals surface area contributed by atoms with Crippen LogP contribution in [-0.2, 0) is 0 Å². The molecule has 0 saturated carbocycles. The highest BCUT2D eigenvalue weighted by Crippen LogP contribution is 2.43. The fourth-order valence-corrected chi connectivity index (χ4v) is 5.76. The van der Waals surface area contributed by atoms with Crippen LogP contribution < -0.4 is 0 Å². The maximum absolute atomic E-state index is 4.45. The van der Waals surface area contributed by atoms with Gasteiger partial charge < -0.3 is 0 Å². The van der Waals surface area contributed by atoms with Crippen LogP contribution in [0.15, 0.2) is 57.2 Å². The smallest absolute Gasteiger partial charge is 0.0956 e. The van der Waals surface area contributed by atoms with Gasteiger partial charge in [0.25, 0.3) is 0 Å². The normalized spacial score (nSPS) is 11.4. The standard InChI is InChI=1S/C14H8N2S4/c1-3-9-13(15-7-17-9)11(5-1)19-20-12-6-2-4-10-14(12)16-8-18-10/h1-8H. The summed E-state index contributed by atoms with van der Waals surface area (Å²) in [5.41, 5.74) is 6.00. The number of fused-ring (bicyclic) bond motifs is 2. The van der Waals surface area contributed by atoms with E-state index >= 15 is 0 Å². The zero-order chi connectivity index (χ0) is 13.4. The lowest BCUT2D eigenvalue weighted by atomic mass is 10.3. The molecule has 0 aliphatic rings. The van der Waals surface area contributed by atoms with E-state index in [1.54, 1.807) is 44.3 Å². The summed E-state index contributed by atoms with van der Waals surface area (Å²) in [6.07, 6.45) is 0. The van der Waals surface area contributed by atoms with Crippen LogP contribution in [-0.4, -0.2) is 9.97 Å². The highest BCUT2D eigenvalue weighted by molar-refractivity contribution is 8.76. The van der Waals surface area contributed by atoms with Gasteiger partial charge in [0.05, 0.1) is 31.5 Å². The zero-order valence-corrected chi connectivity index (χ0v) is 13.4. The van der Waals surface area contributed by atoms with Crippen LogP contribution >= 0.6 is 44.3 Å². The molecular weight excluding hydrogens is 324 g/mol. The number of benzene rings is 2. The minimum absolute atomic E-state index is 1.10. The summed E-state index contributed by atoms with van der Waals surface area (Å²) in [6.45, 7) is 0. The second kappa shape index (κ2) is 5.37. The summed E-state index contributed by atoms with van der Waals surface area (Å²) in [5, 5.41) is 0. The summed E-state index contributed by atoms with van der Waals surface area (Å²) in [7, 11) is 3.50. The lowest BCUT2D eigenvalue weighted by Crippen LogP contribution is -1.75. The zero-order valence-electron chi connectivity index (χ0n) is 10.1. The van der Waals surface area contributed by atoms with Crippen molar-refractivity contribution in [1.29, 1.82) is 0 Å². The van der Waals surface area contributed by atoms with Crippen molar-refractivity contribution in [1.82, 2.24) is 9.97 Å². The highest BCUT2D eigenvalue weighted by atomic mass is 33.1. The van der Waals surface area contributed by atoms with Crippen LogP contribution in [0.1, 0.15) is 0 Å². The van der Waals surface area contributed by atoms with Crippen molar-refractivity contribution in [2.24, 2.45) is 0 Å². The lowest BCUT2D eigenvalue weighted by molar-refractivity contribution is 1.41. The Kier molecular flexibility index (Phi) is 3.39. The van der Waals surface area contributed by atoms with Gasteiger partial charge in [-0.05, 0) is 24.3 Å². The van der Waals surface area contributed by atoms with Gasteiger partial charge in [-0.1, -0.05) is 33.7 Å². The summed E-state index contributed by atoms with van der Waals surface area (Å²) in [5.74, 6) is 0. The third kappa shape index (κ3) is 2.22. The molecule has 0 amide bonds. The molecular formula is C14H8N2S4. The molecule has 2 aromatic heterocycles. The molecule has 2 nitrogen and oxygen atoms in total. The summed E-state index contributed by atoms with van der Waals surface area (Å²) in [6, 6.07) is 12.7. The minimum atomic E-state index is 1.10. The molecule has 0 fully saturated rings. The minimum Gasteiger partial charge on any atom is -0.243 e. The largest absolute Gasteiger partial charge is 0.243 e. The van der Waals surface area contributed by atoms with Gasteiger partial charge in [0, 0.05) is 9.79 Å². The topological polar surface area (TPSA) is 25.8 Å². The number of hydrogen-bond donors (Lipinski definition) is 0. The number of rotatable bonds is 3. The van der Waals surface area contributed by atoms with E-state index in [9.17, 15) is 0 Å². The molecule has 2 aromatic carbocycles. The molecule has 0 bridgehead atoms. The van der Waals surface area contributed by atoms with Gasteiger partial charge >= 0.3 is 0 Å². The van der Waals surface area contributed by atoms with Crippen molar-refractivity contribution < 1.29 is 0 Å². The highest BCUT2D eigenvalue weighted by Gasteiger charge is 2.08. The van der Waals surface area contributed by atoms with Gasteiger partial charge in [-0.2, -0.15) is 0 Å². The molecule has 4 rings (SSSR count). The summed E-state index contributed by atoms with van der Waals surface area (Å²) < 4.78 is 2.48. The molecule has 4 aromatic rings. The maximum Gasteiger partial charge on any atom is 0.0956 e. The van der Waals surface area contributed by atoms with E-state index in [1.807, 2.05) is 11.0 Å². The van der Waals surface area contributed by atoms with E-state index in [4.69, 9.17) is 0 Å². The van der Waals surface area contributed by atoms with Gasteiger partial charge in [0.1, 0.15) is 0 Å². The first kappa shape index (κ1) is 12.6. The van der Waals surface area contributed by atoms with Crippen molar-refractivity contribution in [2.45, 2.75) is 9.79 Å². The Morgan fingerprint density at radius 3 is 1.70 bits per heavy atom. The molecule has 98 valence electrons. The monoisotopic (exact) mass is 332 g/mol. The van der Waals surface area contributed by atoms with Crippen LogP contribution in [0.3, 0.4) is 0 Å². The number of para-hydroxylation sites is 2. The molecule has 0 N–H and O–H groups in total. The Balaban J connectivity index is 1.67. The third-order valence-electron chi connectivity index (χ3n) is 2.87. The first-order chi connectivity index (χ1) is 9.92. The van der Waals surface area contributed by atoms with E-state index in [0.717, 1.165) is 11.0 Å². The molecule has 20 heavy (non-hydrogen) atoms. The molecule has 2 heterocycles. The summed E-state index contributed by atoms with van der Waals surface area (Å²) >= 11 is 3.37. The van der Waals surface area contributed by atoms with Gasteiger partial charge in [-0.15, -0.1) is 22.7 Å². The maximum atomic E-state index is 4.45. The second-order valence-electron chi connectivity index (χ2n) is 4.08. The van der Waals surface area contributed by atoms with E-state index < -0.39 is 0 Å². The quantitative estimate of drug-likeness (QED) is 0.449. The molecule has 0 aliphatic carbocycles. The third-order valence-corrected chi connectivity index (χ3v) is 6.89. The van der Waals surface area contributed by atoms with Crippen LogP contribution in [0.4, 0.5) is 0 Å². The fourth-order valence-electron chi connectivity index (χ4n) is 1.95. The van der Waals surface area contributed by atoms with Crippen molar-refractivity contribution in [2.75, 3.05) is 0 Å². The average Bonchev–Trinajstić information content (AvgIpc) is 3.13. The predicted molar refractivity (Wildman–Crippen MR) is 91.0 cm³/mol. The molecule has 0 unspecified atom stereocenters. The van der Waals surface area contributed by atoms with Crippen LogP contribution in [0.5, 0.6) is 0 Å². The average molecular weight is 333 g/mol. The molecule has 0 spiro atoms. The summed E-state index contributed by atoms with van der Waals surface area (Å²) in [4.78, 5) is 11.3. The Hall–Kier alpha value is -1.08. The predicted octanol–water partition coefficient (Wildman–Crippen LogP) is 5.71. The Labute approximate surface area is 131 Å². The Morgan fingerprint density at radius 2 is 1.20 bits per heavy atom. The Bertz CT molecular complexity index is 807. The number of aromatic nitrogens is 2. The van der Waals surface area contributed by atoms with E-state index in [0.29, 0.717) is 0 Å². The second-order valence-corrected chi connectivity index (χ2v) is 8.06. The van der Waals surface area contributed by atoms with Crippen molar-refractivity contribution in [3.8, 4) is 0 Å². The van der Waals surface area contributed by atoms with Gasteiger partial charge in [0.2, 0.25) is 0 Å². The van der Waals surface area contributed by atoms with E-state index in [-0.39, 0.29) is 0 Å². The SMILES string of the molecule is c1cc(SSc2cccc3scnc23)c2ncsc2c1. The number of hydrogen-bond acceptors (Lipinski definition) is 6. The lowest BCUT2D eigenvalue weighted by Gasteiger charge is -2.03. The van der Waals surface area contributed by atoms with Crippen molar-refractivity contribution in [3.63, 3.8) is 0 Å². The number of nitrogens with zero attached hydrogens (tertiary/aromatic N) is 2.